The Morgan fingerprint density at radius 3 is 1.63 bits per heavy atom. The monoisotopic (exact) mass is 292 g/mol. The summed E-state index contributed by atoms with van der Waals surface area (Å²) in [5, 5.41) is 27.9. The molecule has 0 fully saturated rings. The SMILES string of the molecule is CC(C)[Si](O[C@H](C(=O)O)[C@H](O)CO)(C(C)C)C(C)C. The molecule has 3 N–H and O–H groups in total. The highest BCUT2D eigenvalue weighted by molar-refractivity contribution is 6.77. The molecular formula is C13H28O5Si. The second kappa shape index (κ2) is 7.38. The summed E-state index contributed by atoms with van der Waals surface area (Å²) in [5.74, 6) is -1.22. The van der Waals surface area contributed by atoms with E-state index in [-0.39, 0.29) is 16.6 Å². The fourth-order valence-electron chi connectivity index (χ4n) is 3.02. The van der Waals surface area contributed by atoms with E-state index in [2.05, 4.69) is 0 Å². The van der Waals surface area contributed by atoms with Crippen molar-refractivity contribution in [2.75, 3.05) is 6.61 Å². The zero-order valence-corrected chi connectivity index (χ0v) is 13.8. The minimum absolute atomic E-state index is 0.222. The Bertz CT molecular complexity index is 269. The van der Waals surface area contributed by atoms with E-state index in [1.165, 1.54) is 0 Å². The summed E-state index contributed by atoms with van der Waals surface area (Å²) in [6, 6.07) is 0. The molecule has 0 aliphatic rings. The maximum absolute atomic E-state index is 11.3. The van der Waals surface area contributed by atoms with Crippen molar-refractivity contribution in [1.82, 2.24) is 0 Å². The van der Waals surface area contributed by atoms with Gasteiger partial charge in [-0.1, -0.05) is 41.5 Å². The molecule has 0 aliphatic heterocycles. The molecule has 0 aromatic heterocycles. The first-order valence-electron chi connectivity index (χ1n) is 6.80. The van der Waals surface area contributed by atoms with Gasteiger partial charge in [-0.2, -0.15) is 0 Å². The van der Waals surface area contributed by atoms with E-state index in [9.17, 15) is 15.0 Å². The molecule has 0 heterocycles. The highest BCUT2D eigenvalue weighted by Gasteiger charge is 2.48. The lowest BCUT2D eigenvalue weighted by molar-refractivity contribution is -0.153. The van der Waals surface area contributed by atoms with Gasteiger partial charge in [0.15, 0.2) is 6.10 Å². The molecule has 0 bridgehead atoms. The number of carboxylic acids is 1. The van der Waals surface area contributed by atoms with Crippen molar-refractivity contribution in [2.24, 2.45) is 0 Å². The van der Waals surface area contributed by atoms with Gasteiger partial charge in [-0.3, -0.25) is 0 Å². The van der Waals surface area contributed by atoms with E-state index >= 15 is 0 Å². The van der Waals surface area contributed by atoms with Crippen LogP contribution in [-0.2, 0) is 9.22 Å². The summed E-state index contributed by atoms with van der Waals surface area (Å²) in [6.45, 7) is 11.6. The molecule has 0 rings (SSSR count). The topological polar surface area (TPSA) is 87.0 Å². The van der Waals surface area contributed by atoms with Gasteiger partial charge in [0.1, 0.15) is 6.10 Å². The molecule has 0 spiro atoms. The lowest BCUT2D eigenvalue weighted by Gasteiger charge is -2.44. The first kappa shape index (κ1) is 18.6. The van der Waals surface area contributed by atoms with Gasteiger partial charge in [-0.25, -0.2) is 4.79 Å². The molecule has 0 unspecified atom stereocenters. The Hall–Kier alpha value is -0.433. The van der Waals surface area contributed by atoms with Crippen molar-refractivity contribution in [1.29, 1.82) is 0 Å². The molecule has 6 heteroatoms. The average Bonchev–Trinajstić information content (AvgIpc) is 2.27. The summed E-state index contributed by atoms with van der Waals surface area (Å²) in [5.41, 5.74) is 0.667. The van der Waals surface area contributed by atoms with E-state index in [0.29, 0.717) is 0 Å². The van der Waals surface area contributed by atoms with E-state index in [1.54, 1.807) is 0 Å². The van der Waals surface area contributed by atoms with Crippen LogP contribution in [0.2, 0.25) is 16.6 Å². The fraction of sp³-hybridized carbons (Fsp3) is 0.923. The third-order valence-electron chi connectivity index (χ3n) is 3.82. The number of hydrogen-bond donors (Lipinski definition) is 3. The average molecular weight is 292 g/mol. The van der Waals surface area contributed by atoms with Crippen molar-refractivity contribution >= 4 is 14.3 Å². The fourth-order valence-corrected chi connectivity index (χ4v) is 8.53. The predicted octanol–water partition coefficient (Wildman–Crippen LogP) is 1.98. The van der Waals surface area contributed by atoms with Crippen molar-refractivity contribution in [2.45, 2.75) is 70.4 Å². The molecule has 0 saturated heterocycles. The molecule has 0 saturated carbocycles. The lowest BCUT2D eigenvalue weighted by Crippen LogP contribution is -2.55. The van der Waals surface area contributed by atoms with Gasteiger partial charge in [-0.05, 0) is 16.6 Å². The molecule has 19 heavy (non-hydrogen) atoms. The molecule has 5 nitrogen and oxygen atoms in total. The van der Waals surface area contributed by atoms with Gasteiger partial charge in [0.25, 0.3) is 0 Å². The number of rotatable bonds is 8. The Kier molecular flexibility index (Phi) is 7.21. The highest BCUT2D eigenvalue weighted by atomic mass is 28.4. The highest BCUT2D eigenvalue weighted by Crippen LogP contribution is 2.43. The number of hydrogen-bond acceptors (Lipinski definition) is 4. The quantitative estimate of drug-likeness (QED) is 0.596. The first-order chi connectivity index (χ1) is 8.61. The van der Waals surface area contributed by atoms with Gasteiger partial charge in [-0.15, -0.1) is 0 Å². The molecule has 0 aliphatic carbocycles. The summed E-state index contributed by atoms with van der Waals surface area (Å²) in [7, 11) is -2.38. The zero-order chi connectivity index (χ0) is 15.4. The van der Waals surface area contributed by atoms with Crippen LogP contribution in [0, 0.1) is 0 Å². The van der Waals surface area contributed by atoms with Gasteiger partial charge >= 0.3 is 5.97 Å². The van der Waals surface area contributed by atoms with Gasteiger partial charge in [0.2, 0.25) is 8.32 Å². The van der Waals surface area contributed by atoms with Crippen LogP contribution in [-0.4, -0.2) is 48.4 Å². The van der Waals surface area contributed by atoms with Crippen molar-refractivity contribution in [3.63, 3.8) is 0 Å². The molecule has 2 atom stereocenters. The summed E-state index contributed by atoms with van der Waals surface area (Å²) < 4.78 is 5.97. The lowest BCUT2D eigenvalue weighted by atomic mass is 10.2. The van der Waals surface area contributed by atoms with Crippen LogP contribution in [0.3, 0.4) is 0 Å². The maximum atomic E-state index is 11.3. The predicted molar refractivity (Wildman–Crippen MR) is 76.6 cm³/mol. The first-order valence-corrected chi connectivity index (χ1v) is 8.94. The number of aliphatic carboxylic acids is 1. The minimum Gasteiger partial charge on any atom is -0.479 e. The van der Waals surface area contributed by atoms with Crippen LogP contribution in [0.1, 0.15) is 41.5 Å². The number of carboxylic acid groups (broad SMARTS) is 1. The van der Waals surface area contributed by atoms with Crippen LogP contribution in [0.25, 0.3) is 0 Å². The van der Waals surface area contributed by atoms with Gasteiger partial charge in [0.05, 0.1) is 6.61 Å². The van der Waals surface area contributed by atoms with E-state index in [4.69, 9.17) is 9.53 Å². The summed E-state index contributed by atoms with van der Waals surface area (Å²) in [6.07, 6.45) is -2.75. The molecule has 114 valence electrons. The summed E-state index contributed by atoms with van der Waals surface area (Å²) in [4.78, 5) is 11.3. The van der Waals surface area contributed by atoms with Crippen LogP contribution in [0.15, 0.2) is 0 Å². The van der Waals surface area contributed by atoms with Crippen molar-refractivity contribution in [3.8, 4) is 0 Å². The normalized spacial score (nSPS) is 16.2. The standard InChI is InChI=1S/C13H28O5Si/c1-8(2)19(9(3)4,10(5)6)18-12(13(16)17)11(15)7-14/h8-12,14-15H,7H2,1-6H3,(H,16,17)/t11-,12+/m1/s1. The number of aliphatic hydroxyl groups excluding tert-OH is 2. The maximum Gasteiger partial charge on any atom is 0.334 e. The van der Waals surface area contributed by atoms with E-state index in [0.717, 1.165) is 0 Å². The largest absolute Gasteiger partial charge is 0.479 e. The van der Waals surface area contributed by atoms with E-state index < -0.39 is 33.1 Å². The third-order valence-corrected chi connectivity index (χ3v) is 9.89. The molecule has 0 aromatic rings. The van der Waals surface area contributed by atoms with E-state index in [1.807, 2.05) is 41.5 Å². The Balaban J connectivity index is 5.45. The van der Waals surface area contributed by atoms with Crippen LogP contribution in [0.4, 0.5) is 0 Å². The second-order valence-electron chi connectivity index (χ2n) is 5.94. The third kappa shape index (κ3) is 4.01. The minimum atomic E-state index is -2.38. The smallest absolute Gasteiger partial charge is 0.334 e. The van der Waals surface area contributed by atoms with Crippen LogP contribution < -0.4 is 0 Å². The van der Waals surface area contributed by atoms with Crippen molar-refractivity contribution < 1.29 is 24.5 Å². The Morgan fingerprint density at radius 1 is 1.05 bits per heavy atom. The van der Waals surface area contributed by atoms with Crippen LogP contribution in [0.5, 0.6) is 0 Å². The van der Waals surface area contributed by atoms with Gasteiger partial charge in [0, 0.05) is 0 Å². The summed E-state index contributed by atoms with van der Waals surface area (Å²) >= 11 is 0. The molecular weight excluding hydrogens is 264 g/mol. The zero-order valence-electron chi connectivity index (χ0n) is 12.8. The molecule has 0 radical (unpaired) electrons. The number of aliphatic hydroxyl groups is 2. The number of carbonyl (C=O) groups is 1. The Morgan fingerprint density at radius 2 is 1.42 bits per heavy atom. The van der Waals surface area contributed by atoms with Crippen LogP contribution >= 0.6 is 0 Å². The van der Waals surface area contributed by atoms with Gasteiger partial charge < -0.3 is 19.7 Å². The molecule has 0 aromatic carbocycles. The van der Waals surface area contributed by atoms with Crippen molar-refractivity contribution in [3.05, 3.63) is 0 Å². The second-order valence-corrected chi connectivity index (χ2v) is 11.4. The Labute approximate surface area is 116 Å². The molecule has 0 amide bonds.